The predicted molar refractivity (Wildman–Crippen MR) is 93.3 cm³/mol. The number of hydrogen-bond donors (Lipinski definition) is 1. The van der Waals surface area contributed by atoms with Crippen molar-refractivity contribution < 1.29 is 14.3 Å². The number of nitrogens with zero attached hydrogens (tertiary/aromatic N) is 2. The number of pyridine rings is 1. The van der Waals surface area contributed by atoms with Crippen LogP contribution in [0.2, 0.25) is 0 Å². The highest BCUT2D eigenvalue weighted by Crippen LogP contribution is 2.44. The first-order valence-electron chi connectivity index (χ1n) is 9.34. The minimum absolute atomic E-state index is 0.0942. The summed E-state index contributed by atoms with van der Waals surface area (Å²) >= 11 is 0. The quantitative estimate of drug-likeness (QED) is 0.872. The summed E-state index contributed by atoms with van der Waals surface area (Å²) in [5, 5.41) is 3.85. The lowest BCUT2D eigenvalue weighted by Crippen LogP contribution is -2.64. The lowest BCUT2D eigenvalue weighted by Gasteiger charge is -2.50. The number of fused-ring (bicyclic) bond motifs is 1. The number of amides is 1. The lowest BCUT2D eigenvalue weighted by molar-refractivity contribution is -0.0880. The lowest BCUT2D eigenvalue weighted by atomic mass is 9.66. The Morgan fingerprint density at radius 3 is 2.96 bits per heavy atom. The maximum Gasteiger partial charge on any atom is 0.255 e. The second kappa shape index (κ2) is 7.40. The predicted octanol–water partition coefficient (Wildman–Crippen LogP) is 1.33. The molecular weight excluding hydrogens is 318 g/mol. The van der Waals surface area contributed by atoms with E-state index in [2.05, 4.69) is 10.3 Å². The molecule has 4 rings (SSSR count). The molecule has 6 heteroatoms. The van der Waals surface area contributed by atoms with Crippen molar-refractivity contribution in [1.82, 2.24) is 15.2 Å². The molecule has 1 aromatic heterocycles. The number of nitrogens with one attached hydrogen (secondary N) is 1. The van der Waals surface area contributed by atoms with E-state index in [4.69, 9.17) is 9.47 Å². The molecule has 136 valence electrons. The van der Waals surface area contributed by atoms with Crippen LogP contribution >= 0.6 is 0 Å². The number of likely N-dealkylation sites (tertiary alicyclic amines) is 1. The summed E-state index contributed by atoms with van der Waals surface area (Å²) in [7, 11) is 1.77. The van der Waals surface area contributed by atoms with Crippen LogP contribution in [-0.2, 0) is 9.47 Å². The van der Waals surface area contributed by atoms with Gasteiger partial charge in [0.25, 0.3) is 5.91 Å². The first kappa shape index (κ1) is 16.9. The van der Waals surface area contributed by atoms with Crippen LogP contribution in [0.4, 0.5) is 0 Å². The van der Waals surface area contributed by atoms with E-state index in [-0.39, 0.29) is 5.91 Å². The van der Waals surface area contributed by atoms with E-state index >= 15 is 0 Å². The molecule has 3 heterocycles. The van der Waals surface area contributed by atoms with Gasteiger partial charge in [-0.05, 0) is 31.4 Å². The molecule has 4 atom stereocenters. The molecule has 2 saturated heterocycles. The van der Waals surface area contributed by atoms with Gasteiger partial charge in [-0.15, -0.1) is 0 Å². The number of carbonyl (C=O) groups is 1. The summed E-state index contributed by atoms with van der Waals surface area (Å²) in [6.07, 6.45) is 6.88. The average Bonchev–Trinajstić information content (AvgIpc) is 3.09. The van der Waals surface area contributed by atoms with Gasteiger partial charge >= 0.3 is 0 Å². The van der Waals surface area contributed by atoms with Gasteiger partial charge in [0.15, 0.2) is 0 Å². The molecule has 1 N–H and O–H groups in total. The van der Waals surface area contributed by atoms with Gasteiger partial charge in [-0.1, -0.05) is 0 Å². The first-order chi connectivity index (χ1) is 12.3. The van der Waals surface area contributed by atoms with E-state index in [1.807, 2.05) is 17.0 Å². The Morgan fingerprint density at radius 2 is 2.24 bits per heavy atom. The van der Waals surface area contributed by atoms with Crippen LogP contribution in [0, 0.1) is 11.8 Å². The SMILES string of the molecule is COC[C@@H]1[C@H](NC2CCN(C(=O)c3cccnc3)CC2)[C@@H]2CCO[C@H]12. The zero-order valence-corrected chi connectivity index (χ0v) is 14.8. The third-order valence-corrected chi connectivity index (χ3v) is 6.01. The second-order valence-electron chi connectivity index (χ2n) is 7.41. The van der Waals surface area contributed by atoms with Gasteiger partial charge < -0.3 is 19.7 Å². The maximum atomic E-state index is 12.5. The van der Waals surface area contributed by atoms with Gasteiger partial charge in [0, 0.05) is 63.1 Å². The van der Waals surface area contributed by atoms with E-state index in [1.54, 1.807) is 19.5 Å². The maximum absolute atomic E-state index is 12.5. The highest BCUT2D eigenvalue weighted by atomic mass is 16.5. The highest BCUT2D eigenvalue weighted by molar-refractivity contribution is 5.93. The van der Waals surface area contributed by atoms with Gasteiger partial charge in [0.1, 0.15) is 0 Å². The minimum atomic E-state index is 0.0942. The fraction of sp³-hybridized carbons (Fsp3) is 0.684. The molecule has 1 aliphatic carbocycles. The fourth-order valence-corrected chi connectivity index (χ4v) is 4.66. The fourth-order valence-electron chi connectivity index (χ4n) is 4.66. The molecular formula is C19H27N3O3. The molecule has 0 bridgehead atoms. The third-order valence-electron chi connectivity index (χ3n) is 6.01. The Kier molecular flexibility index (Phi) is 5.01. The molecule has 0 radical (unpaired) electrons. The molecule has 0 unspecified atom stereocenters. The Morgan fingerprint density at radius 1 is 1.40 bits per heavy atom. The van der Waals surface area contributed by atoms with Crippen LogP contribution in [0.5, 0.6) is 0 Å². The summed E-state index contributed by atoms with van der Waals surface area (Å²) in [5.74, 6) is 1.19. The second-order valence-corrected chi connectivity index (χ2v) is 7.41. The molecule has 3 aliphatic rings. The third kappa shape index (κ3) is 3.30. The van der Waals surface area contributed by atoms with Crippen molar-refractivity contribution >= 4 is 5.91 Å². The molecule has 6 nitrogen and oxygen atoms in total. The van der Waals surface area contributed by atoms with Crippen LogP contribution in [0.15, 0.2) is 24.5 Å². The summed E-state index contributed by atoms with van der Waals surface area (Å²) in [6, 6.07) is 4.62. The van der Waals surface area contributed by atoms with E-state index in [0.29, 0.717) is 35.6 Å². The Bertz CT molecular complexity index is 589. The Hall–Kier alpha value is -1.50. The normalized spacial score (nSPS) is 32.3. The van der Waals surface area contributed by atoms with E-state index in [0.717, 1.165) is 45.6 Å². The van der Waals surface area contributed by atoms with Gasteiger partial charge in [0.2, 0.25) is 0 Å². The molecule has 1 amide bonds. The number of methoxy groups -OCH3 is 1. The molecule has 1 saturated carbocycles. The standard InChI is InChI=1S/C19H27N3O3/c1-24-12-16-17(15-6-10-25-18(15)16)21-14-4-8-22(9-5-14)19(23)13-3-2-7-20-11-13/h2-3,7,11,14-18,21H,4-6,8-10,12H2,1H3/t15-,16+,17+,18-/m0/s1. The number of piperidine rings is 1. The van der Waals surface area contributed by atoms with Crippen molar-refractivity contribution in [1.29, 1.82) is 0 Å². The van der Waals surface area contributed by atoms with Crippen LogP contribution in [0.3, 0.4) is 0 Å². The van der Waals surface area contributed by atoms with Gasteiger partial charge in [-0.2, -0.15) is 0 Å². The molecule has 3 fully saturated rings. The van der Waals surface area contributed by atoms with Crippen molar-refractivity contribution in [2.45, 2.75) is 37.5 Å². The van der Waals surface area contributed by atoms with Crippen molar-refractivity contribution in [3.63, 3.8) is 0 Å². The Balaban J connectivity index is 1.30. The Labute approximate surface area is 148 Å². The van der Waals surface area contributed by atoms with Crippen molar-refractivity contribution in [2.75, 3.05) is 33.4 Å². The number of rotatable bonds is 5. The average molecular weight is 345 g/mol. The summed E-state index contributed by atoms with van der Waals surface area (Å²) in [5.41, 5.74) is 0.680. The van der Waals surface area contributed by atoms with E-state index in [1.165, 1.54) is 0 Å². The van der Waals surface area contributed by atoms with Crippen molar-refractivity contribution in [2.24, 2.45) is 11.8 Å². The molecule has 1 aromatic rings. The van der Waals surface area contributed by atoms with Crippen LogP contribution in [0.1, 0.15) is 29.6 Å². The largest absolute Gasteiger partial charge is 0.384 e. The van der Waals surface area contributed by atoms with Gasteiger partial charge in [0.05, 0.1) is 18.3 Å². The van der Waals surface area contributed by atoms with E-state index < -0.39 is 0 Å². The molecule has 0 aromatic carbocycles. The number of ether oxygens (including phenoxy) is 2. The van der Waals surface area contributed by atoms with Crippen molar-refractivity contribution in [3.8, 4) is 0 Å². The van der Waals surface area contributed by atoms with Crippen LogP contribution < -0.4 is 5.32 Å². The van der Waals surface area contributed by atoms with E-state index in [9.17, 15) is 4.79 Å². The highest BCUT2D eigenvalue weighted by Gasteiger charge is 2.54. The first-order valence-corrected chi connectivity index (χ1v) is 9.34. The van der Waals surface area contributed by atoms with Crippen LogP contribution in [0.25, 0.3) is 0 Å². The monoisotopic (exact) mass is 345 g/mol. The number of aromatic nitrogens is 1. The zero-order valence-electron chi connectivity index (χ0n) is 14.8. The molecule has 2 aliphatic heterocycles. The van der Waals surface area contributed by atoms with Crippen LogP contribution in [-0.4, -0.2) is 67.4 Å². The minimum Gasteiger partial charge on any atom is -0.384 e. The van der Waals surface area contributed by atoms with Crippen molar-refractivity contribution in [3.05, 3.63) is 30.1 Å². The number of carbonyl (C=O) groups excluding carboxylic acids is 1. The van der Waals surface area contributed by atoms with Gasteiger partial charge in [-0.25, -0.2) is 0 Å². The topological polar surface area (TPSA) is 63.7 Å². The smallest absolute Gasteiger partial charge is 0.255 e. The summed E-state index contributed by atoms with van der Waals surface area (Å²) in [4.78, 5) is 18.5. The number of hydrogen-bond acceptors (Lipinski definition) is 5. The summed E-state index contributed by atoms with van der Waals surface area (Å²) < 4.78 is 11.2. The van der Waals surface area contributed by atoms with Gasteiger partial charge in [-0.3, -0.25) is 9.78 Å². The molecule has 0 spiro atoms. The zero-order chi connectivity index (χ0) is 17.2. The summed E-state index contributed by atoms with van der Waals surface area (Å²) in [6.45, 7) is 3.25. The molecule has 25 heavy (non-hydrogen) atoms.